The minimum atomic E-state index is -0.380. The number of carbonyl (C=O) groups is 2. The number of hydrogen-bond acceptors (Lipinski definition) is 5. The van der Waals surface area contributed by atoms with Crippen LogP contribution >= 0.6 is 11.6 Å². The third-order valence-corrected chi connectivity index (χ3v) is 4.08. The van der Waals surface area contributed by atoms with Gasteiger partial charge in [0.15, 0.2) is 11.5 Å². The van der Waals surface area contributed by atoms with E-state index in [-0.39, 0.29) is 22.3 Å². The van der Waals surface area contributed by atoms with Crippen molar-refractivity contribution in [3.05, 3.63) is 64.3 Å². The van der Waals surface area contributed by atoms with Crippen LogP contribution in [0.25, 0.3) is 0 Å². The van der Waals surface area contributed by atoms with Crippen LogP contribution in [0.15, 0.2) is 53.2 Å². The molecule has 0 saturated heterocycles. The topological polar surface area (TPSA) is 64.6 Å². The number of allylic oxidation sites excluding steroid dienone is 2. The van der Waals surface area contributed by atoms with Gasteiger partial charge in [-0.1, -0.05) is 35.9 Å². The van der Waals surface area contributed by atoms with Crippen molar-refractivity contribution in [2.24, 2.45) is 0 Å². The Kier molecular flexibility index (Phi) is 4.27. The van der Waals surface area contributed by atoms with E-state index in [0.717, 1.165) is 0 Å². The first-order chi connectivity index (χ1) is 11.6. The quantitative estimate of drug-likeness (QED) is 0.918. The van der Waals surface area contributed by atoms with E-state index in [0.29, 0.717) is 28.3 Å². The predicted molar refractivity (Wildman–Crippen MR) is 91.2 cm³/mol. The van der Waals surface area contributed by atoms with Crippen LogP contribution in [0, 0.1) is 0 Å². The molecular weight excluding hydrogens is 330 g/mol. The number of anilines is 1. The molecule has 0 unspecified atom stereocenters. The fraction of sp³-hybridized carbons (Fsp3) is 0.111. The number of fused-ring (bicyclic) bond motifs is 1. The largest absolute Gasteiger partial charge is 0.493 e. The number of carbonyl (C=O) groups excluding carboxylic acids is 2. The molecule has 0 aliphatic heterocycles. The third-order valence-electron chi connectivity index (χ3n) is 3.72. The van der Waals surface area contributed by atoms with Crippen LogP contribution in [-0.4, -0.2) is 25.8 Å². The van der Waals surface area contributed by atoms with Gasteiger partial charge in [0.25, 0.3) is 0 Å². The highest BCUT2D eigenvalue weighted by atomic mass is 35.5. The maximum atomic E-state index is 12.6. The van der Waals surface area contributed by atoms with Gasteiger partial charge in [-0.2, -0.15) is 0 Å². The van der Waals surface area contributed by atoms with E-state index < -0.39 is 0 Å². The standard InChI is InChI=1S/C18H14ClNO4/c1-23-13-8-7-10(9-14(13)24-2)20-16-15(19)17(21)11-5-3-4-6-12(11)18(16)22/h3-9,20H,1-2H3. The smallest absolute Gasteiger partial charge is 0.211 e. The SMILES string of the molecule is COc1ccc(NC2=C(Cl)C(=O)c3ccccc3C2=O)cc1OC. The Morgan fingerprint density at radius 1 is 0.875 bits per heavy atom. The molecule has 1 aliphatic rings. The summed E-state index contributed by atoms with van der Waals surface area (Å²) in [6.07, 6.45) is 0. The predicted octanol–water partition coefficient (Wildman–Crippen LogP) is 3.65. The highest BCUT2D eigenvalue weighted by molar-refractivity contribution is 6.50. The van der Waals surface area contributed by atoms with E-state index in [1.807, 2.05) is 0 Å². The van der Waals surface area contributed by atoms with Crippen molar-refractivity contribution < 1.29 is 19.1 Å². The van der Waals surface area contributed by atoms with E-state index >= 15 is 0 Å². The van der Waals surface area contributed by atoms with E-state index in [1.165, 1.54) is 14.2 Å². The van der Waals surface area contributed by atoms with Crippen molar-refractivity contribution in [2.45, 2.75) is 0 Å². The zero-order valence-electron chi connectivity index (χ0n) is 13.1. The number of Topliss-reactive ketones (excluding diaryl/α,β-unsaturated/α-hetero) is 2. The molecule has 0 bridgehead atoms. The second-order valence-electron chi connectivity index (χ2n) is 5.09. The maximum Gasteiger partial charge on any atom is 0.211 e. The molecule has 2 aromatic rings. The normalized spacial score (nSPS) is 13.6. The van der Waals surface area contributed by atoms with Crippen LogP contribution < -0.4 is 14.8 Å². The molecule has 0 atom stereocenters. The van der Waals surface area contributed by atoms with Crippen molar-refractivity contribution >= 4 is 28.9 Å². The van der Waals surface area contributed by atoms with Crippen molar-refractivity contribution in [1.29, 1.82) is 0 Å². The fourth-order valence-corrected chi connectivity index (χ4v) is 2.75. The molecule has 1 N–H and O–H groups in total. The lowest BCUT2D eigenvalue weighted by Crippen LogP contribution is -2.24. The lowest BCUT2D eigenvalue weighted by Gasteiger charge is -2.19. The van der Waals surface area contributed by atoms with E-state index in [2.05, 4.69) is 5.32 Å². The summed E-state index contributed by atoms with van der Waals surface area (Å²) in [4.78, 5) is 25.0. The molecule has 0 saturated carbocycles. The Hall–Kier alpha value is -2.79. The van der Waals surface area contributed by atoms with Crippen LogP contribution in [0.2, 0.25) is 0 Å². The third kappa shape index (κ3) is 2.63. The lowest BCUT2D eigenvalue weighted by molar-refractivity contribution is 0.0982. The maximum absolute atomic E-state index is 12.6. The van der Waals surface area contributed by atoms with Crippen molar-refractivity contribution in [1.82, 2.24) is 0 Å². The molecule has 3 rings (SSSR count). The van der Waals surface area contributed by atoms with Gasteiger partial charge in [-0.05, 0) is 12.1 Å². The van der Waals surface area contributed by atoms with Gasteiger partial charge in [0.05, 0.1) is 14.2 Å². The molecule has 0 radical (unpaired) electrons. The molecule has 2 aromatic carbocycles. The molecule has 5 nitrogen and oxygen atoms in total. The van der Waals surface area contributed by atoms with Gasteiger partial charge in [-0.25, -0.2) is 0 Å². The van der Waals surface area contributed by atoms with Crippen molar-refractivity contribution in [3.8, 4) is 11.5 Å². The van der Waals surface area contributed by atoms with E-state index in [4.69, 9.17) is 21.1 Å². The van der Waals surface area contributed by atoms with Gasteiger partial charge in [-0.15, -0.1) is 0 Å². The van der Waals surface area contributed by atoms with Gasteiger partial charge in [0.1, 0.15) is 10.7 Å². The van der Waals surface area contributed by atoms with Crippen molar-refractivity contribution in [3.63, 3.8) is 0 Å². The summed E-state index contributed by atoms with van der Waals surface area (Å²) in [5, 5.41) is 2.79. The first-order valence-corrected chi connectivity index (χ1v) is 7.52. The zero-order chi connectivity index (χ0) is 17.3. The molecule has 0 amide bonds. The van der Waals surface area contributed by atoms with E-state index in [9.17, 15) is 9.59 Å². The molecule has 0 heterocycles. The van der Waals surface area contributed by atoms with Gasteiger partial charge >= 0.3 is 0 Å². The number of hydrogen-bond donors (Lipinski definition) is 1. The number of halogens is 1. The molecule has 122 valence electrons. The highest BCUT2D eigenvalue weighted by Crippen LogP contribution is 2.33. The summed E-state index contributed by atoms with van der Waals surface area (Å²) in [5.74, 6) is 0.341. The fourth-order valence-electron chi connectivity index (χ4n) is 2.52. The average Bonchev–Trinajstić information content (AvgIpc) is 2.63. The van der Waals surface area contributed by atoms with Gasteiger partial charge in [0.2, 0.25) is 11.6 Å². The van der Waals surface area contributed by atoms with Gasteiger partial charge in [-0.3, -0.25) is 9.59 Å². The number of benzene rings is 2. The lowest BCUT2D eigenvalue weighted by atomic mass is 9.92. The Bertz CT molecular complexity index is 873. The number of nitrogens with one attached hydrogen (secondary N) is 1. The minimum Gasteiger partial charge on any atom is -0.493 e. The highest BCUT2D eigenvalue weighted by Gasteiger charge is 2.31. The summed E-state index contributed by atoms with van der Waals surface area (Å²) in [7, 11) is 3.05. The number of rotatable bonds is 4. The van der Waals surface area contributed by atoms with Crippen LogP contribution in [-0.2, 0) is 0 Å². The monoisotopic (exact) mass is 343 g/mol. The summed E-state index contributed by atoms with van der Waals surface area (Å²) in [6, 6.07) is 11.7. The molecule has 24 heavy (non-hydrogen) atoms. The Balaban J connectivity index is 2.00. The van der Waals surface area contributed by atoms with Crippen LogP contribution in [0.3, 0.4) is 0 Å². The van der Waals surface area contributed by atoms with Crippen molar-refractivity contribution in [2.75, 3.05) is 19.5 Å². The van der Waals surface area contributed by atoms with Crippen LogP contribution in [0.4, 0.5) is 5.69 Å². The zero-order valence-corrected chi connectivity index (χ0v) is 13.8. The molecule has 1 aliphatic carbocycles. The summed E-state index contributed by atoms with van der Waals surface area (Å²) < 4.78 is 10.4. The molecule has 6 heteroatoms. The summed E-state index contributed by atoms with van der Waals surface area (Å²) in [6.45, 7) is 0. The summed E-state index contributed by atoms with van der Waals surface area (Å²) >= 11 is 6.13. The molecule has 0 aromatic heterocycles. The Morgan fingerprint density at radius 3 is 2.12 bits per heavy atom. The Labute approximate surface area is 143 Å². The van der Waals surface area contributed by atoms with Gasteiger partial charge < -0.3 is 14.8 Å². The van der Waals surface area contributed by atoms with Crippen LogP contribution in [0.1, 0.15) is 20.7 Å². The first-order valence-electron chi connectivity index (χ1n) is 7.14. The Morgan fingerprint density at radius 2 is 1.50 bits per heavy atom. The van der Waals surface area contributed by atoms with Crippen LogP contribution in [0.5, 0.6) is 11.5 Å². The molecule has 0 spiro atoms. The minimum absolute atomic E-state index is 0.0487. The summed E-state index contributed by atoms with van der Waals surface area (Å²) in [5.41, 5.74) is 1.24. The number of ether oxygens (including phenoxy) is 2. The second kappa shape index (κ2) is 6.37. The average molecular weight is 344 g/mol. The second-order valence-corrected chi connectivity index (χ2v) is 5.47. The number of methoxy groups -OCH3 is 2. The number of ketones is 2. The van der Waals surface area contributed by atoms with E-state index in [1.54, 1.807) is 42.5 Å². The van der Waals surface area contributed by atoms with Gasteiger partial charge in [0, 0.05) is 22.9 Å². The molecular formula is C18H14ClNO4. The molecule has 0 fully saturated rings. The first kappa shape index (κ1) is 16.1.